The fraction of sp³-hybridized carbons (Fsp3) is 0.421. The Kier molecular flexibility index (Phi) is 4.14. The minimum atomic E-state index is -0.157. The molecule has 3 aromatic rings. The number of piperidine rings is 1. The smallest absolute Gasteiger partial charge is 0.131 e. The Morgan fingerprint density at radius 2 is 2.08 bits per heavy atom. The topological polar surface area (TPSA) is 29.9 Å². The van der Waals surface area contributed by atoms with Crippen molar-refractivity contribution in [1.29, 1.82) is 0 Å². The molecule has 0 spiro atoms. The fourth-order valence-corrected chi connectivity index (χ4v) is 4.76. The van der Waals surface area contributed by atoms with Crippen molar-refractivity contribution in [2.24, 2.45) is 13.0 Å². The largest absolute Gasteiger partial charge is 0.317 e. The number of thiophene rings is 1. The summed E-state index contributed by atoms with van der Waals surface area (Å²) in [4.78, 5) is 0. The van der Waals surface area contributed by atoms with Crippen LogP contribution >= 0.6 is 11.3 Å². The Morgan fingerprint density at radius 1 is 1.29 bits per heavy atom. The summed E-state index contributed by atoms with van der Waals surface area (Å²) in [6.45, 7) is 4.12. The summed E-state index contributed by atoms with van der Waals surface area (Å²) in [5.74, 6) is 0.543. The van der Waals surface area contributed by atoms with Crippen molar-refractivity contribution >= 4 is 21.6 Å². The molecule has 3 nitrogen and oxygen atoms in total. The second-order valence-electron chi connectivity index (χ2n) is 6.78. The van der Waals surface area contributed by atoms with Crippen LogP contribution in [0.1, 0.15) is 24.1 Å². The molecule has 0 unspecified atom stereocenters. The van der Waals surface area contributed by atoms with E-state index in [9.17, 15) is 4.39 Å². The number of fused-ring (bicyclic) bond motifs is 1. The molecule has 126 valence electrons. The minimum absolute atomic E-state index is 0.157. The standard InChI is InChI=1S/C19H22FN3S/c1-12-3-4-14(16(20)9-12)15-11-24-19-17(22-23(2)18(15)19)10-13-5-7-21-8-6-13/h3-4,9,11,13,21H,5-8,10H2,1-2H3. The monoisotopic (exact) mass is 343 g/mol. The number of aryl methyl sites for hydroxylation is 2. The third-order valence-electron chi connectivity index (χ3n) is 4.98. The summed E-state index contributed by atoms with van der Waals surface area (Å²) in [7, 11) is 1.97. The van der Waals surface area contributed by atoms with Crippen molar-refractivity contribution in [3.63, 3.8) is 0 Å². The number of hydrogen-bond acceptors (Lipinski definition) is 3. The minimum Gasteiger partial charge on any atom is -0.317 e. The maximum atomic E-state index is 14.4. The van der Waals surface area contributed by atoms with Gasteiger partial charge in [0.2, 0.25) is 0 Å². The van der Waals surface area contributed by atoms with Crippen LogP contribution in [0, 0.1) is 18.7 Å². The lowest BCUT2D eigenvalue weighted by Gasteiger charge is -2.21. The van der Waals surface area contributed by atoms with Gasteiger partial charge in [0.25, 0.3) is 0 Å². The van der Waals surface area contributed by atoms with E-state index < -0.39 is 0 Å². The predicted octanol–water partition coefficient (Wildman–Crippen LogP) is 4.29. The lowest BCUT2D eigenvalue weighted by Crippen LogP contribution is -2.28. The van der Waals surface area contributed by atoms with Crippen molar-refractivity contribution in [3.05, 3.63) is 40.7 Å². The molecule has 0 atom stereocenters. The van der Waals surface area contributed by atoms with Crippen LogP contribution in [-0.4, -0.2) is 22.9 Å². The molecule has 4 rings (SSSR count). The zero-order chi connectivity index (χ0) is 16.7. The molecule has 1 aliphatic heterocycles. The molecular formula is C19H22FN3S. The number of nitrogens with one attached hydrogen (secondary N) is 1. The molecular weight excluding hydrogens is 321 g/mol. The first kappa shape index (κ1) is 15.8. The van der Waals surface area contributed by atoms with E-state index in [0.717, 1.165) is 36.2 Å². The molecule has 1 fully saturated rings. The summed E-state index contributed by atoms with van der Waals surface area (Å²) in [6.07, 6.45) is 3.45. The van der Waals surface area contributed by atoms with Gasteiger partial charge < -0.3 is 5.32 Å². The summed E-state index contributed by atoms with van der Waals surface area (Å²) < 4.78 is 17.6. The van der Waals surface area contributed by atoms with E-state index in [1.807, 2.05) is 30.8 Å². The molecule has 5 heteroatoms. The van der Waals surface area contributed by atoms with Gasteiger partial charge in [-0.25, -0.2) is 4.39 Å². The highest BCUT2D eigenvalue weighted by Gasteiger charge is 2.21. The number of benzene rings is 1. The normalized spacial score (nSPS) is 16.1. The van der Waals surface area contributed by atoms with E-state index in [1.54, 1.807) is 17.4 Å². The lowest BCUT2D eigenvalue weighted by atomic mass is 9.93. The van der Waals surface area contributed by atoms with E-state index in [0.29, 0.717) is 11.5 Å². The highest BCUT2D eigenvalue weighted by Crippen LogP contribution is 2.38. The first-order chi connectivity index (χ1) is 11.6. The number of nitrogens with zero attached hydrogens (tertiary/aromatic N) is 2. The van der Waals surface area contributed by atoms with Gasteiger partial charge in [0.15, 0.2) is 0 Å². The van der Waals surface area contributed by atoms with Gasteiger partial charge >= 0.3 is 0 Å². The van der Waals surface area contributed by atoms with Crippen LogP contribution < -0.4 is 5.32 Å². The summed E-state index contributed by atoms with van der Waals surface area (Å²) in [5.41, 5.74) is 4.80. The average Bonchev–Trinajstić information content (AvgIpc) is 3.11. The molecule has 0 amide bonds. The molecule has 0 saturated carbocycles. The van der Waals surface area contributed by atoms with E-state index in [4.69, 9.17) is 5.10 Å². The molecule has 24 heavy (non-hydrogen) atoms. The SMILES string of the molecule is Cc1ccc(-c2csc3c(CC4CCNCC4)nn(C)c23)c(F)c1. The Bertz CT molecular complexity index is 874. The van der Waals surface area contributed by atoms with Gasteiger partial charge in [0, 0.05) is 23.6 Å². The van der Waals surface area contributed by atoms with E-state index in [1.165, 1.54) is 23.2 Å². The van der Waals surface area contributed by atoms with Gasteiger partial charge in [-0.1, -0.05) is 12.1 Å². The molecule has 1 N–H and O–H groups in total. The van der Waals surface area contributed by atoms with Gasteiger partial charge in [-0.05, 0) is 56.8 Å². The van der Waals surface area contributed by atoms with Crippen LogP contribution in [0.15, 0.2) is 23.6 Å². The highest BCUT2D eigenvalue weighted by atomic mass is 32.1. The molecule has 1 aliphatic rings. The van der Waals surface area contributed by atoms with Crippen molar-refractivity contribution in [2.45, 2.75) is 26.2 Å². The molecule has 2 aromatic heterocycles. The number of aromatic nitrogens is 2. The third kappa shape index (κ3) is 2.76. The molecule has 3 heterocycles. The maximum absolute atomic E-state index is 14.4. The molecule has 0 aliphatic carbocycles. The van der Waals surface area contributed by atoms with Crippen LogP contribution in [0.25, 0.3) is 21.3 Å². The number of halogens is 1. The van der Waals surface area contributed by atoms with Crippen LogP contribution in [0.4, 0.5) is 4.39 Å². The van der Waals surface area contributed by atoms with E-state index >= 15 is 0 Å². The first-order valence-electron chi connectivity index (χ1n) is 8.54. The van der Waals surface area contributed by atoms with Gasteiger partial charge in [0.05, 0.1) is 15.9 Å². The Labute approximate surface area is 145 Å². The second kappa shape index (κ2) is 6.30. The Hall–Kier alpha value is -1.72. The van der Waals surface area contributed by atoms with E-state index in [-0.39, 0.29) is 5.82 Å². The summed E-state index contributed by atoms with van der Waals surface area (Å²) in [6, 6.07) is 5.45. The number of hydrogen-bond donors (Lipinski definition) is 1. The van der Waals surface area contributed by atoms with Crippen LogP contribution in [0.5, 0.6) is 0 Å². The van der Waals surface area contributed by atoms with Gasteiger partial charge in [-0.2, -0.15) is 5.10 Å². The quantitative estimate of drug-likeness (QED) is 0.769. The summed E-state index contributed by atoms with van der Waals surface area (Å²) >= 11 is 1.69. The van der Waals surface area contributed by atoms with Crippen LogP contribution in [-0.2, 0) is 13.5 Å². The first-order valence-corrected chi connectivity index (χ1v) is 9.42. The molecule has 0 bridgehead atoms. The fourth-order valence-electron chi connectivity index (χ4n) is 3.68. The van der Waals surface area contributed by atoms with Gasteiger partial charge in [0.1, 0.15) is 5.82 Å². The van der Waals surface area contributed by atoms with Crippen molar-refractivity contribution < 1.29 is 4.39 Å². The predicted molar refractivity (Wildman–Crippen MR) is 98.0 cm³/mol. The highest BCUT2D eigenvalue weighted by molar-refractivity contribution is 7.17. The number of rotatable bonds is 3. The summed E-state index contributed by atoms with van der Waals surface area (Å²) in [5, 5.41) is 10.3. The van der Waals surface area contributed by atoms with Crippen molar-refractivity contribution in [3.8, 4) is 11.1 Å². The van der Waals surface area contributed by atoms with E-state index in [2.05, 4.69) is 10.7 Å². The Morgan fingerprint density at radius 3 is 2.83 bits per heavy atom. The zero-order valence-corrected chi connectivity index (χ0v) is 14.9. The van der Waals surface area contributed by atoms with Crippen molar-refractivity contribution in [2.75, 3.05) is 13.1 Å². The third-order valence-corrected chi connectivity index (χ3v) is 5.99. The average molecular weight is 343 g/mol. The van der Waals surface area contributed by atoms with Crippen LogP contribution in [0.2, 0.25) is 0 Å². The van der Waals surface area contributed by atoms with Gasteiger partial charge in [-0.15, -0.1) is 11.3 Å². The Balaban J connectivity index is 1.74. The lowest BCUT2D eigenvalue weighted by molar-refractivity contribution is 0.370. The second-order valence-corrected chi connectivity index (χ2v) is 7.66. The molecule has 0 radical (unpaired) electrons. The van der Waals surface area contributed by atoms with Crippen LogP contribution in [0.3, 0.4) is 0 Å². The molecule has 1 aromatic carbocycles. The zero-order valence-electron chi connectivity index (χ0n) is 14.1. The van der Waals surface area contributed by atoms with Gasteiger partial charge in [-0.3, -0.25) is 4.68 Å². The molecule has 1 saturated heterocycles. The van der Waals surface area contributed by atoms with Crippen molar-refractivity contribution in [1.82, 2.24) is 15.1 Å². The maximum Gasteiger partial charge on any atom is 0.131 e.